The number of hydrogen-bond acceptors (Lipinski definition) is 3. The number of nitrogens with two attached hydrogens (primary N) is 1. The van der Waals surface area contributed by atoms with Crippen molar-refractivity contribution in [2.45, 2.75) is 0 Å². The number of thiocarbonyl (C=S) groups is 1. The third-order valence-electron chi connectivity index (χ3n) is 2.46. The van der Waals surface area contributed by atoms with Crippen molar-refractivity contribution in [3.8, 4) is 0 Å². The molecule has 2 rings (SSSR count). The van der Waals surface area contributed by atoms with Crippen molar-refractivity contribution in [1.29, 1.82) is 0 Å². The van der Waals surface area contributed by atoms with E-state index in [0.29, 0.717) is 0 Å². The molecule has 1 heterocycles. The Balaban J connectivity index is 2.28. The molecule has 0 atom stereocenters. The Hall–Kier alpha value is -2.41. The van der Waals surface area contributed by atoms with Gasteiger partial charge in [-0.15, -0.1) is 0 Å². The lowest BCUT2D eigenvalue weighted by atomic mass is 10.1. The highest BCUT2D eigenvalue weighted by Crippen LogP contribution is 2.17. The molecule has 0 saturated heterocycles. The Morgan fingerprint density at radius 2 is 1.90 bits per heavy atom. The summed E-state index contributed by atoms with van der Waals surface area (Å²) in [6, 6.07) is 5.96. The van der Waals surface area contributed by atoms with E-state index in [-0.39, 0.29) is 21.9 Å². The van der Waals surface area contributed by atoms with E-state index in [4.69, 9.17) is 18.0 Å². The van der Waals surface area contributed by atoms with Crippen LogP contribution < -0.4 is 11.1 Å². The second-order valence-electron chi connectivity index (χ2n) is 3.87. The molecule has 1 aromatic carbocycles. The van der Waals surface area contributed by atoms with Crippen LogP contribution in [0.15, 0.2) is 36.5 Å². The summed E-state index contributed by atoms with van der Waals surface area (Å²) in [6.07, 6.45) is 0.925. The largest absolute Gasteiger partial charge is 0.389 e. The normalized spacial score (nSPS) is 10.1. The predicted octanol–water partition coefficient (Wildman–Crippen LogP) is 2.25. The quantitative estimate of drug-likeness (QED) is 0.852. The lowest BCUT2D eigenvalue weighted by Gasteiger charge is -2.09. The third-order valence-corrected chi connectivity index (χ3v) is 2.68. The molecule has 2 aromatic rings. The molecule has 1 aromatic heterocycles. The molecule has 3 N–H and O–H groups in total. The van der Waals surface area contributed by atoms with Crippen molar-refractivity contribution >= 4 is 28.8 Å². The first-order chi connectivity index (χ1) is 9.47. The fraction of sp³-hybridized carbons (Fsp3) is 0. The molecule has 0 aliphatic carbocycles. The molecule has 0 radical (unpaired) electrons. The molecule has 0 aliphatic heterocycles. The van der Waals surface area contributed by atoms with Crippen LogP contribution in [0, 0.1) is 11.6 Å². The number of amides is 1. The molecule has 0 unspecified atom stereocenters. The molecule has 7 heteroatoms. The monoisotopic (exact) mass is 293 g/mol. The first kappa shape index (κ1) is 14.0. The average Bonchev–Trinajstić information content (AvgIpc) is 2.41. The van der Waals surface area contributed by atoms with Crippen LogP contribution in [-0.4, -0.2) is 15.9 Å². The number of halogens is 2. The third kappa shape index (κ3) is 3.12. The predicted molar refractivity (Wildman–Crippen MR) is 74.4 cm³/mol. The van der Waals surface area contributed by atoms with Crippen molar-refractivity contribution in [3.63, 3.8) is 0 Å². The maximum atomic E-state index is 13.1. The number of nitrogens with zero attached hydrogens (tertiary/aromatic N) is 1. The Morgan fingerprint density at radius 1 is 1.20 bits per heavy atom. The topological polar surface area (TPSA) is 68.0 Å². The van der Waals surface area contributed by atoms with Crippen LogP contribution >= 0.6 is 12.2 Å². The van der Waals surface area contributed by atoms with Gasteiger partial charge >= 0.3 is 0 Å². The summed E-state index contributed by atoms with van der Waals surface area (Å²) in [5.74, 6) is -1.65. The molecule has 1 amide bonds. The minimum absolute atomic E-state index is 0.0182. The molecule has 20 heavy (non-hydrogen) atoms. The van der Waals surface area contributed by atoms with E-state index in [1.807, 2.05) is 0 Å². The fourth-order valence-electron chi connectivity index (χ4n) is 1.53. The zero-order valence-electron chi connectivity index (χ0n) is 10.1. The van der Waals surface area contributed by atoms with Crippen LogP contribution in [0.25, 0.3) is 0 Å². The summed E-state index contributed by atoms with van der Waals surface area (Å²) in [5.41, 5.74) is 5.95. The molecule has 0 spiro atoms. The van der Waals surface area contributed by atoms with Crippen molar-refractivity contribution in [2.24, 2.45) is 5.73 Å². The number of pyridine rings is 1. The van der Waals surface area contributed by atoms with Gasteiger partial charge in [0.2, 0.25) is 0 Å². The van der Waals surface area contributed by atoms with Gasteiger partial charge in [-0.05, 0) is 30.3 Å². The van der Waals surface area contributed by atoms with Crippen molar-refractivity contribution < 1.29 is 13.6 Å². The Bertz CT molecular complexity index is 674. The number of carbonyl (C=O) groups excluding carboxylic acids is 1. The van der Waals surface area contributed by atoms with E-state index < -0.39 is 17.5 Å². The van der Waals surface area contributed by atoms with Crippen LogP contribution in [0.1, 0.15) is 16.1 Å². The van der Waals surface area contributed by atoms with E-state index in [2.05, 4.69) is 10.3 Å². The minimum Gasteiger partial charge on any atom is -0.389 e. The smallest absolute Gasteiger partial charge is 0.274 e. The highest BCUT2D eigenvalue weighted by atomic mass is 32.1. The van der Waals surface area contributed by atoms with E-state index in [0.717, 1.165) is 24.4 Å². The zero-order chi connectivity index (χ0) is 14.7. The second-order valence-corrected chi connectivity index (χ2v) is 4.31. The Kier molecular flexibility index (Phi) is 3.99. The molecule has 0 fully saturated rings. The van der Waals surface area contributed by atoms with Crippen LogP contribution in [0.5, 0.6) is 0 Å². The molecule has 0 aliphatic rings. The maximum Gasteiger partial charge on any atom is 0.274 e. The van der Waals surface area contributed by atoms with Gasteiger partial charge in [0.1, 0.15) is 22.3 Å². The first-order valence-corrected chi connectivity index (χ1v) is 5.90. The van der Waals surface area contributed by atoms with Gasteiger partial charge in [-0.3, -0.25) is 4.79 Å². The van der Waals surface area contributed by atoms with Crippen LogP contribution in [0.3, 0.4) is 0 Å². The first-order valence-electron chi connectivity index (χ1n) is 5.49. The number of nitrogens with one attached hydrogen (secondary N) is 1. The Labute approximate surface area is 118 Å². The SMILES string of the molecule is NC(=S)c1cc(F)ccc1NC(=O)c1ccc(F)cn1. The summed E-state index contributed by atoms with van der Waals surface area (Å²) in [4.78, 5) is 15.5. The fourth-order valence-corrected chi connectivity index (χ4v) is 1.69. The summed E-state index contributed by atoms with van der Waals surface area (Å²) in [6.45, 7) is 0. The van der Waals surface area contributed by atoms with Crippen molar-refractivity contribution in [1.82, 2.24) is 4.98 Å². The van der Waals surface area contributed by atoms with Gasteiger partial charge in [0.05, 0.1) is 11.9 Å². The van der Waals surface area contributed by atoms with Gasteiger partial charge in [0, 0.05) is 5.56 Å². The van der Waals surface area contributed by atoms with Gasteiger partial charge in [-0.1, -0.05) is 12.2 Å². The van der Waals surface area contributed by atoms with Crippen molar-refractivity contribution in [2.75, 3.05) is 5.32 Å². The van der Waals surface area contributed by atoms with E-state index in [1.165, 1.54) is 12.1 Å². The Morgan fingerprint density at radius 3 is 2.50 bits per heavy atom. The molecular weight excluding hydrogens is 284 g/mol. The highest BCUT2D eigenvalue weighted by molar-refractivity contribution is 7.80. The van der Waals surface area contributed by atoms with Crippen LogP contribution in [0.2, 0.25) is 0 Å². The van der Waals surface area contributed by atoms with Gasteiger partial charge in [0.15, 0.2) is 0 Å². The minimum atomic E-state index is -0.575. The summed E-state index contributed by atoms with van der Waals surface area (Å²) in [7, 11) is 0. The van der Waals surface area contributed by atoms with Gasteiger partial charge in [-0.25, -0.2) is 13.8 Å². The number of aromatic nitrogens is 1. The zero-order valence-corrected chi connectivity index (χ0v) is 10.9. The van der Waals surface area contributed by atoms with Crippen LogP contribution in [0.4, 0.5) is 14.5 Å². The van der Waals surface area contributed by atoms with Gasteiger partial charge in [0.25, 0.3) is 5.91 Å². The molecule has 0 bridgehead atoms. The summed E-state index contributed by atoms with van der Waals surface area (Å²) >= 11 is 4.79. The number of rotatable bonds is 3. The second kappa shape index (κ2) is 5.70. The molecular formula is C13H9F2N3OS. The number of anilines is 1. The van der Waals surface area contributed by atoms with Gasteiger partial charge in [-0.2, -0.15) is 0 Å². The number of benzene rings is 1. The van der Waals surface area contributed by atoms with Crippen LogP contribution in [-0.2, 0) is 0 Å². The van der Waals surface area contributed by atoms with E-state index in [9.17, 15) is 13.6 Å². The van der Waals surface area contributed by atoms with Crippen molar-refractivity contribution in [3.05, 3.63) is 59.4 Å². The van der Waals surface area contributed by atoms with Gasteiger partial charge < -0.3 is 11.1 Å². The van der Waals surface area contributed by atoms with E-state index >= 15 is 0 Å². The summed E-state index contributed by atoms with van der Waals surface area (Å²) in [5, 5.41) is 2.50. The lowest BCUT2D eigenvalue weighted by Crippen LogP contribution is -2.18. The maximum absolute atomic E-state index is 13.1. The standard InChI is InChI=1S/C13H9F2N3OS/c14-7-1-3-10(9(5-7)12(16)20)18-13(19)11-4-2-8(15)6-17-11/h1-6H,(H2,16,20)(H,18,19). The molecule has 0 saturated carbocycles. The number of carbonyl (C=O) groups is 1. The molecule has 102 valence electrons. The van der Waals surface area contributed by atoms with E-state index in [1.54, 1.807) is 0 Å². The number of hydrogen-bond donors (Lipinski definition) is 2. The average molecular weight is 293 g/mol. The molecule has 4 nitrogen and oxygen atoms in total. The summed E-state index contributed by atoms with van der Waals surface area (Å²) < 4.78 is 25.9. The highest BCUT2D eigenvalue weighted by Gasteiger charge is 2.12. The lowest BCUT2D eigenvalue weighted by molar-refractivity contribution is 0.102.